The van der Waals surface area contributed by atoms with Gasteiger partial charge in [0.15, 0.2) is 0 Å². The molecule has 0 aromatic carbocycles. The van der Waals surface area contributed by atoms with Gasteiger partial charge in [-0.25, -0.2) is 0 Å². The Morgan fingerprint density at radius 1 is 1.62 bits per heavy atom. The Kier molecular flexibility index (Phi) is 2.94. The van der Waals surface area contributed by atoms with E-state index in [1.807, 2.05) is 18.0 Å². The van der Waals surface area contributed by atoms with Gasteiger partial charge in [-0.15, -0.1) is 0 Å². The number of nitrogens with one attached hydrogen (secondary N) is 1. The smallest absolute Gasteiger partial charge is 0.240 e. The molecule has 5 nitrogen and oxygen atoms in total. The molecule has 16 heavy (non-hydrogen) atoms. The van der Waals surface area contributed by atoms with Crippen LogP contribution in [0.5, 0.6) is 0 Å². The lowest BCUT2D eigenvalue weighted by molar-refractivity contribution is -0.119. The molecule has 0 saturated carbocycles. The highest BCUT2D eigenvalue weighted by atomic mass is 16.1. The molecular formula is C11H16N4O. The zero-order chi connectivity index (χ0) is 11.5. The van der Waals surface area contributed by atoms with Crippen LogP contribution in [-0.4, -0.2) is 30.5 Å². The van der Waals surface area contributed by atoms with Crippen LogP contribution in [0.15, 0.2) is 18.5 Å². The van der Waals surface area contributed by atoms with Gasteiger partial charge in [0, 0.05) is 13.6 Å². The van der Waals surface area contributed by atoms with E-state index in [0.29, 0.717) is 0 Å². The Labute approximate surface area is 94.6 Å². The van der Waals surface area contributed by atoms with E-state index in [4.69, 9.17) is 5.73 Å². The first-order chi connectivity index (χ1) is 7.72. The number of rotatable bonds is 3. The molecule has 1 fully saturated rings. The second-order valence-electron chi connectivity index (χ2n) is 3.94. The van der Waals surface area contributed by atoms with Crippen molar-refractivity contribution in [3.05, 3.63) is 18.5 Å². The molecule has 0 spiro atoms. The van der Waals surface area contributed by atoms with E-state index in [2.05, 4.69) is 10.3 Å². The van der Waals surface area contributed by atoms with Crippen molar-refractivity contribution in [2.75, 3.05) is 23.8 Å². The number of amides is 1. The van der Waals surface area contributed by atoms with Crippen LogP contribution in [0.4, 0.5) is 11.4 Å². The molecule has 1 amide bonds. The van der Waals surface area contributed by atoms with Crippen molar-refractivity contribution in [1.29, 1.82) is 0 Å². The van der Waals surface area contributed by atoms with Gasteiger partial charge in [-0.05, 0) is 18.9 Å². The summed E-state index contributed by atoms with van der Waals surface area (Å²) >= 11 is 0. The van der Waals surface area contributed by atoms with Crippen LogP contribution in [0.1, 0.15) is 12.8 Å². The molecule has 0 radical (unpaired) electrons. The molecular weight excluding hydrogens is 204 g/mol. The Morgan fingerprint density at radius 3 is 3.12 bits per heavy atom. The quantitative estimate of drug-likeness (QED) is 0.781. The number of primary amides is 1. The molecule has 2 heterocycles. The number of carbonyl (C=O) groups is 1. The molecule has 1 atom stereocenters. The first kappa shape index (κ1) is 10.7. The number of carbonyl (C=O) groups excluding carboxylic acids is 1. The van der Waals surface area contributed by atoms with Crippen molar-refractivity contribution >= 4 is 17.3 Å². The maximum Gasteiger partial charge on any atom is 0.240 e. The van der Waals surface area contributed by atoms with Gasteiger partial charge in [0.25, 0.3) is 0 Å². The maximum atomic E-state index is 11.3. The third-order valence-corrected chi connectivity index (χ3v) is 2.93. The normalized spacial score (nSPS) is 19.8. The first-order valence-electron chi connectivity index (χ1n) is 5.41. The van der Waals surface area contributed by atoms with Crippen LogP contribution < -0.4 is 16.0 Å². The van der Waals surface area contributed by atoms with Gasteiger partial charge in [0.1, 0.15) is 6.04 Å². The highest BCUT2D eigenvalue weighted by Gasteiger charge is 2.29. The summed E-state index contributed by atoms with van der Waals surface area (Å²) in [4.78, 5) is 17.4. The standard InChI is InChI=1S/C11H16N4O/c1-13-8-5-9(7-14-6-8)15-4-2-3-10(15)11(12)16/h5-7,10,13H,2-4H2,1H3,(H2,12,16). The van der Waals surface area contributed by atoms with Crippen molar-refractivity contribution in [2.24, 2.45) is 5.73 Å². The molecule has 1 aromatic rings. The molecule has 1 aromatic heterocycles. The predicted molar refractivity (Wildman–Crippen MR) is 63.3 cm³/mol. The first-order valence-corrected chi connectivity index (χ1v) is 5.41. The fourth-order valence-electron chi connectivity index (χ4n) is 2.09. The molecule has 2 rings (SSSR count). The number of anilines is 2. The lowest BCUT2D eigenvalue weighted by Crippen LogP contribution is -2.40. The van der Waals surface area contributed by atoms with E-state index < -0.39 is 0 Å². The predicted octanol–water partition coefficient (Wildman–Crippen LogP) is 0.577. The molecule has 5 heteroatoms. The highest BCUT2D eigenvalue weighted by Crippen LogP contribution is 2.26. The third-order valence-electron chi connectivity index (χ3n) is 2.93. The molecule has 86 valence electrons. The van der Waals surface area contributed by atoms with Crippen LogP contribution in [0.2, 0.25) is 0 Å². The zero-order valence-electron chi connectivity index (χ0n) is 9.31. The van der Waals surface area contributed by atoms with Crippen molar-refractivity contribution in [3.8, 4) is 0 Å². The number of hydrogen-bond donors (Lipinski definition) is 2. The van der Waals surface area contributed by atoms with E-state index in [9.17, 15) is 4.79 Å². The van der Waals surface area contributed by atoms with Crippen molar-refractivity contribution in [2.45, 2.75) is 18.9 Å². The van der Waals surface area contributed by atoms with Gasteiger partial charge in [0.05, 0.1) is 23.8 Å². The average molecular weight is 220 g/mol. The second-order valence-corrected chi connectivity index (χ2v) is 3.94. The van der Waals surface area contributed by atoms with Crippen LogP contribution in [-0.2, 0) is 4.79 Å². The van der Waals surface area contributed by atoms with Crippen LogP contribution >= 0.6 is 0 Å². The fourth-order valence-corrected chi connectivity index (χ4v) is 2.09. The molecule has 1 saturated heterocycles. The molecule has 0 aliphatic carbocycles. The maximum absolute atomic E-state index is 11.3. The number of nitrogens with zero attached hydrogens (tertiary/aromatic N) is 2. The lowest BCUT2D eigenvalue weighted by atomic mass is 10.2. The lowest BCUT2D eigenvalue weighted by Gasteiger charge is -2.24. The minimum absolute atomic E-state index is 0.186. The van der Waals surface area contributed by atoms with Gasteiger partial charge < -0.3 is 16.0 Å². The Bertz CT molecular complexity index is 393. The van der Waals surface area contributed by atoms with Crippen molar-refractivity contribution in [3.63, 3.8) is 0 Å². The zero-order valence-corrected chi connectivity index (χ0v) is 9.31. The van der Waals surface area contributed by atoms with Crippen LogP contribution in [0.3, 0.4) is 0 Å². The average Bonchev–Trinajstić information content (AvgIpc) is 2.78. The summed E-state index contributed by atoms with van der Waals surface area (Å²) in [6, 6.07) is 1.79. The molecule has 3 N–H and O–H groups in total. The number of pyridine rings is 1. The van der Waals surface area contributed by atoms with Crippen molar-refractivity contribution in [1.82, 2.24) is 4.98 Å². The van der Waals surface area contributed by atoms with E-state index in [1.165, 1.54) is 0 Å². The number of nitrogens with two attached hydrogens (primary N) is 1. The fraction of sp³-hybridized carbons (Fsp3) is 0.455. The summed E-state index contributed by atoms with van der Waals surface area (Å²) in [5.41, 5.74) is 7.27. The van der Waals surface area contributed by atoms with Gasteiger partial charge >= 0.3 is 0 Å². The molecule has 1 aliphatic rings. The van der Waals surface area contributed by atoms with Gasteiger partial charge in [-0.2, -0.15) is 0 Å². The van der Waals surface area contributed by atoms with Crippen LogP contribution in [0.25, 0.3) is 0 Å². The summed E-state index contributed by atoms with van der Waals surface area (Å²) < 4.78 is 0. The number of hydrogen-bond acceptors (Lipinski definition) is 4. The van der Waals surface area contributed by atoms with E-state index in [1.54, 1.807) is 12.4 Å². The molecule has 1 unspecified atom stereocenters. The topological polar surface area (TPSA) is 71.2 Å². The summed E-state index contributed by atoms with van der Waals surface area (Å²) in [5, 5.41) is 3.03. The van der Waals surface area contributed by atoms with Crippen LogP contribution in [0, 0.1) is 0 Å². The number of aromatic nitrogens is 1. The Morgan fingerprint density at radius 2 is 2.44 bits per heavy atom. The van der Waals surface area contributed by atoms with Gasteiger partial charge in [0.2, 0.25) is 5.91 Å². The summed E-state index contributed by atoms with van der Waals surface area (Å²) in [7, 11) is 1.84. The Balaban J connectivity index is 2.25. The minimum Gasteiger partial charge on any atom is -0.387 e. The molecule has 1 aliphatic heterocycles. The van der Waals surface area contributed by atoms with Gasteiger partial charge in [-0.3, -0.25) is 9.78 Å². The SMILES string of the molecule is CNc1cncc(N2CCCC2C(N)=O)c1. The summed E-state index contributed by atoms with van der Waals surface area (Å²) in [6.07, 6.45) is 5.34. The summed E-state index contributed by atoms with van der Waals surface area (Å²) in [5.74, 6) is -0.257. The Hall–Kier alpha value is -1.78. The second kappa shape index (κ2) is 4.38. The third kappa shape index (κ3) is 1.93. The van der Waals surface area contributed by atoms with E-state index >= 15 is 0 Å². The van der Waals surface area contributed by atoms with E-state index in [-0.39, 0.29) is 11.9 Å². The highest BCUT2D eigenvalue weighted by molar-refractivity contribution is 5.84. The minimum atomic E-state index is -0.257. The monoisotopic (exact) mass is 220 g/mol. The van der Waals surface area contributed by atoms with E-state index in [0.717, 1.165) is 30.8 Å². The largest absolute Gasteiger partial charge is 0.387 e. The summed E-state index contributed by atoms with van der Waals surface area (Å²) in [6.45, 7) is 0.864. The molecule has 0 bridgehead atoms. The van der Waals surface area contributed by atoms with Gasteiger partial charge in [-0.1, -0.05) is 0 Å². The van der Waals surface area contributed by atoms with Crippen molar-refractivity contribution < 1.29 is 4.79 Å².